The monoisotopic (exact) mass is 505 g/mol. The first-order valence-electron chi connectivity index (χ1n) is 11.9. The number of anilines is 3. The van der Waals surface area contributed by atoms with Crippen LogP contribution >= 0.6 is 0 Å². The molecule has 1 aliphatic rings. The molecule has 10 heteroatoms. The molecule has 188 valence electrons. The summed E-state index contributed by atoms with van der Waals surface area (Å²) in [5, 5.41) is 13.2. The number of fused-ring (bicyclic) bond motifs is 1. The van der Waals surface area contributed by atoms with Crippen LogP contribution in [0, 0.1) is 0 Å². The number of aromatic amines is 1. The lowest BCUT2D eigenvalue weighted by atomic mass is 10.1. The van der Waals surface area contributed by atoms with Crippen LogP contribution in [0.2, 0.25) is 0 Å². The second-order valence-corrected chi connectivity index (χ2v) is 8.65. The Labute approximate surface area is 218 Å². The van der Waals surface area contributed by atoms with E-state index >= 15 is 0 Å². The summed E-state index contributed by atoms with van der Waals surface area (Å²) in [4.78, 5) is 26.4. The van der Waals surface area contributed by atoms with Gasteiger partial charge in [0.2, 0.25) is 0 Å². The number of H-pyrrole nitrogens is 1. The highest BCUT2D eigenvalue weighted by Gasteiger charge is 2.21. The molecule has 3 aromatic heterocycles. The number of pyridine rings is 1. The standard InChI is InChI=1S/C28H23N7O3/c1-37-23-10-19(11-29-14-23)28(36)33-22-4-2-3-18(9-22)26-34-25-16-38-15-24(25)27(35-26)32-21-7-5-17(6-8-21)20-12-30-31-13-20/h2-14H,15-16H2,1H3,(H,30,31)(H,33,36)(H,32,34,35). The first-order valence-corrected chi connectivity index (χ1v) is 11.9. The molecule has 0 aliphatic carbocycles. The number of nitrogens with zero attached hydrogens (tertiary/aromatic N) is 4. The zero-order valence-electron chi connectivity index (χ0n) is 20.4. The summed E-state index contributed by atoms with van der Waals surface area (Å²) in [7, 11) is 1.53. The predicted molar refractivity (Wildman–Crippen MR) is 142 cm³/mol. The average Bonchev–Trinajstić information content (AvgIpc) is 3.67. The number of rotatable bonds is 7. The molecule has 0 radical (unpaired) electrons. The summed E-state index contributed by atoms with van der Waals surface area (Å²) < 4.78 is 10.8. The Morgan fingerprint density at radius 1 is 0.947 bits per heavy atom. The topological polar surface area (TPSA) is 127 Å². The quantitative estimate of drug-likeness (QED) is 0.283. The van der Waals surface area contributed by atoms with E-state index in [0.717, 1.165) is 33.6 Å². The first kappa shape index (κ1) is 23.3. The number of nitrogens with one attached hydrogen (secondary N) is 3. The van der Waals surface area contributed by atoms with Crippen LogP contribution in [0.5, 0.6) is 5.75 Å². The van der Waals surface area contributed by atoms with E-state index in [9.17, 15) is 4.79 Å². The highest BCUT2D eigenvalue weighted by atomic mass is 16.5. The molecule has 3 N–H and O–H groups in total. The minimum atomic E-state index is -0.293. The fourth-order valence-electron chi connectivity index (χ4n) is 4.17. The third kappa shape index (κ3) is 4.80. The zero-order chi connectivity index (χ0) is 25.9. The van der Waals surface area contributed by atoms with Crippen molar-refractivity contribution in [2.45, 2.75) is 13.2 Å². The summed E-state index contributed by atoms with van der Waals surface area (Å²) in [6.45, 7) is 0.855. The summed E-state index contributed by atoms with van der Waals surface area (Å²) in [6.07, 6.45) is 6.68. The zero-order valence-corrected chi connectivity index (χ0v) is 20.4. The second-order valence-electron chi connectivity index (χ2n) is 8.65. The maximum Gasteiger partial charge on any atom is 0.257 e. The molecule has 0 atom stereocenters. The smallest absolute Gasteiger partial charge is 0.257 e. The van der Waals surface area contributed by atoms with Crippen LogP contribution in [0.25, 0.3) is 22.5 Å². The summed E-state index contributed by atoms with van der Waals surface area (Å²) >= 11 is 0. The van der Waals surface area contributed by atoms with Crippen molar-refractivity contribution in [3.63, 3.8) is 0 Å². The Balaban J connectivity index is 1.26. The molecule has 6 rings (SSSR count). The molecular formula is C28H23N7O3. The van der Waals surface area contributed by atoms with Crippen molar-refractivity contribution in [2.75, 3.05) is 17.7 Å². The van der Waals surface area contributed by atoms with E-state index in [1.165, 1.54) is 13.3 Å². The van der Waals surface area contributed by atoms with Crippen molar-refractivity contribution in [1.82, 2.24) is 25.1 Å². The molecule has 0 fully saturated rings. The fourth-order valence-corrected chi connectivity index (χ4v) is 4.17. The predicted octanol–water partition coefficient (Wildman–Crippen LogP) is 4.96. The van der Waals surface area contributed by atoms with Crippen molar-refractivity contribution in [2.24, 2.45) is 0 Å². The molecule has 0 bridgehead atoms. The highest BCUT2D eigenvalue weighted by Crippen LogP contribution is 2.31. The van der Waals surface area contributed by atoms with Crippen molar-refractivity contribution in [3.05, 3.63) is 96.2 Å². The van der Waals surface area contributed by atoms with Gasteiger partial charge in [0.05, 0.1) is 44.0 Å². The van der Waals surface area contributed by atoms with E-state index in [1.54, 1.807) is 18.5 Å². The van der Waals surface area contributed by atoms with E-state index < -0.39 is 0 Å². The fraction of sp³-hybridized carbons (Fsp3) is 0.107. The van der Waals surface area contributed by atoms with Crippen LogP contribution in [0.15, 0.2) is 79.4 Å². The molecule has 4 heterocycles. The molecule has 0 unspecified atom stereocenters. The number of carbonyl (C=O) groups is 1. The van der Waals surface area contributed by atoms with Gasteiger partial charge in [0.15, 0.2) is 5.82 Å². The number of ether oxygens (including phenoxy) is 2. The Morgan fingerprint density at radius 3 is 2.66 bits per heavy atom. The van der Waals surface area contributed by atoms with Gasteiger partial charge in [-0.25, -0.2) is 9.97 Å². The summed E-state index contributed by atoms with van der Waals surface area (Å²) in [6, 6.07) is 17.1. The lowest BCUT2D eigenvalue weighted by Crippen LogP contribution is -2.12. The molecular weight excluding hydrogens is 482 g/mol. The van der Waals surface area contributed by atoms with Gasteiger partial charge >= 0.3 is 0 Å². The average molecular weight is 506 g/mol. The van der Waals surface area contributed by atoms with Crippen molar-refractivity contribution < 1.29 is 14.3 Å². The number of amides is 1. The lowest BCUT2D eigenvalue weighted by Gasteiger charge is -2.13. The molecule has 0 spiro atoms. The second kappa shape index (κ2) is 10.1. The Kier molecular flexibility index (Phi) is 6.20. The van der Waals surface area contributed by atoms with Gasteiger partial charge in [-0.05, 0) is 35.9 Å². The normalized spacial score (nSPS) is 12.1. The number of carbonyl (C=O) groups excluding carboxylic acids is 1. The van der Waals surface area contributed by atoms with E-state index in [1.807, 2.05) is 54.7 Å². The number of aromatic nitrogens is 5. The van der Waals surface area contributed by atoms with Gasteiger partial charge in [-0.2, -0.15) is 5.10 Å². The van der Waals surface area contributed by atoms with Gasteiger partial charge in [0, 0.05) is 40.5 Å². The number of hydrogen-bond donors (Lipinski definition) is 3. The number of hydrogen-bond acceptors (Lipinski definition) is 8. The van der Waals surface area contributed by atoms with Crippen LogP contribution < -0.4 is 15.4 Å². The maximum absolute atomic E-state index is 12.8. The Morgan fingerprint density at radius 2 is 1.84 bits per heavy atom. The van der Waals surface area contributed by atoms with E-state index in [0.29, 0.717) is 41.9 Å². The summed E-state index contributed by atoms with van der Waals surface area (Å²) in [5.74, 6) is 1.44. The maximum atomic E-state index is 12.8. The Hall–Kier alpha value is -5.09. The highest BCUT2D eigenvalue weighted by molar-refractivity contribution is 6.04. The molecule has 2 aromatic carbocycles. The molecule has 0 saturated heterocycles. The van der Waals surface area contributed by atoms with Gasteiger partial charge in [-0.1, -0.05) is 24.3 Å². The van der Waals surface area contributed by atoms with Gasteiger partial charge in [-0.15, -0.1) is 0 Å². The van der Waals surface area contributed by atoms with E-state index in [-0.39, 0.29) is 5.91 Å². The van der Waals surface area contributed by atoms with Crippen molar-refractivity contribution in [1.29, 1.82) is 0 Å². The first-order chi connectivity index (χ1) is 18.7. The van der Waals surface area contributed by atoms with Gasteiger partial charge in [0.25, 0.3) is 5.91 Å². The summed E-state index contributed by atoms with van der Waals surface area (Å²) in [5.41, 5.74) is 6.51. The van der Waals surface area contributed by atoms with Gasteiger partial charge < -0.3 is 20.1 Å². The van der Waals surface area contributed by atoms with Crippen molar-refractivity contribution >= 4 is 23.1 Å². The Bertz CT molecular complexity index is 1600. The van der Waals surface area contributed by atoms with E-state index in [2.05, 4.69) is 25.8 Å². The van der Waals surface area contributed by atoms with Gasteiger partial charge in [-0.3, -0.25) is 14.9 Å². The molecule has 5 aromatic rings. The largest absolute Gasteiger partial charge is 0.495 e. The van der Waals surface area contributed by atoms with Gasteiger partial charge in [0.1, 0.15) is 11.6 Å². The molecule has 1 aliphatic heterocycles. The van der Waals surface area contributed by atoms with Crippen LogP contribution in [0.3, 0.4) is 0 Å². The number of methoxy groups -OCH3 is 1. The third-order valence-corrected chi connectivity index (χ3v) is 6.15. The third-order valence-electron chi connectivity index (χ3n) is 6.15. The lowest BCUT2D eigenvalue weighted by molar-refractivity contribution is 0.102. The minimum absolute atomic E-state index is 0.293. The van der Waals surface area contributed by atoms with Crippen LogP contribution in [0.4, 0.5) is 17.2 Å². The van der Waals surface area contributed by atoms with Crippen LogP contribution in [-0.4, -0.2) is 38.2 Å². The van der Waals surface area contributed by atoms with Crippen molar-refractivity contribution in [3.8, 4) is 28.3 Å². The van der Waals surface area contributed by atoms with Crippen LogP contribution in [-0.2, 0) is 18.0 Å². The van der Waals surface area contributed by atoms with E-state index in [4.69, 9.17) is 19.4 Å². The van der Waals surface area contributed by atoms with Crippen LogP contribution in [0.1, 0.15) is 21.6 Å². The number of benzene rings is 2. The molecule has 10 nitrogen and oxygen atoms in total. The molecule has 0 saturated carbocycles. The molecule has 38 heavy (non-hydrogen) atoms. The SMILES string of the molecule is COc1cncc(C(=O)Nc2cccc(-c3nc4c(c(Nc5ccc(-c6cn[nH]c6)cc5)n3)COC4)c2)c1. The minimum Gasteiger partial charge on any atom is -0.495 e. The molecule has 1 amide bonds.